The lowest BCUT2D eigenvalue weighted by molar-refractivity contribution is -0.122. The first-order valence-corrected chi connectivity index (χ1v) is 10.3. The van der Waals surface area contributed by atoms with Crippen molar-refractivity contribution in [1.29, 1.82) is 0 Å². The molecule has 2 aromatic carbocycles. The first-order chi connectivity index (χ1) is 15.0. The summed E-state index contributed by atoms with van der Waals surface area (Å²) in [5.41, 5.74) is 2.53. The van der Waals surface area contributed by atoms with Gasteiger partial charge in [0.2, 0.25) is 0 Å². The smallest absolute Gasteiger partial charge is 0.336 e. The summed E-state index contributed by atoms with van der Waals surface area (Å²) in [4.78, 5) is 40.5. The zero-order valence-corrected chi connectivity index (χ0v) is 18.7. The number of nitrogens with zero attached hydrogens (tertiary/aromatic N) is 2. The molecule has 0 aliphatic carbocycles. The molecule has 0 aromatic heterocycles. The van der Waals surface area contributed by atoms with Gasteiger partial charge in [0.1, 0.15) is 11.4 Å². The Balaban J connectivity index is 1.81. The molecule has 0 bridgehead atoms. The number of fused-ring (bicyclic) bond motifs is 1. The van der Waals surface area contributed by atoms with Crippen LogP contribution in [0.15, 0.2) is 48.0 Å². The van der Waals surface area contributed by atoms with E-state index >= 15 is 0 Å². The van der Waals surface area contributed by atoms with Crippen LogP contribution in [0.3, 0.4) is 0 Å². The molecule has 2 heterocycles. The van der Waals surface area contributed by atoms with Crippen molar-refractivity contribution in [3.05, 3.63) is 70.0 Å². The van der Waals surface area contributed by atoms with Gasteiger partial charge in [-0.15, -0.1) is 0 Å². The van der Waals surface area contributed by atoms with Crippen LogP contribution in [0.5, 0.6) is 0 Å². The van der Waals surface area contributed by atoms with Crippen molar-refractivity contribution in [2.24, 2.45) is 0 Å². The highest BCUT2D eigenvalue weighted by Gasteiger charge is 2.38. The van der Waals surface area contributed by atoms with Crippen LogP contribution in [-0.2, 0) is 9.59 Å². The number of halogens is 2. The summed E-state index contributed by atoms with van der Waals surface area (Å²) in [6.45, 7) is 6.15. The van der Waals surface area contributed by atoms with E-state index in [-0.39, 0.29) is 16.8 Å². The fourth-order valence-electron chi connectivity index (χ4n) is 3.96. The van der Waals surface area contributed by atoms with Gasteiger partial charge in [0.15, 0.2) is 0 Å². The third-order valence-corrected chi connectivity index (χ3v) is 6.16. The van der Waals surface area contributed by atoms with Gasteiger partial charge in [-0.05, 0) is 62.2 Å². The van der Waals surface area contributed by atoms with E-state index in [2.05, 4.69) is 30.1 Å². The van der Waals surface area contributed by atoms with Crippen molar-refractivity contribution in [3.8, 4) is 0 Å². The molecule has 0 saturated carbocycles. The summed E-state index contributed by atoms with van der Waals surface area (Å²) in [7, 11) is 1.96. The van der Waals surface area contributed by atoms with Gasteiger partial charge in [0.25, 0.3) is 11.8 Å². The Bertz CT molecular complexity index is 1250. The number of para-hydroxylation sites is 1. The number of likely N-dealkylation sites (N-methyl/N-ethyl adjacent to an activating group) is 1. The highest BCUT2D eigenvalue weighted by molar-refractivity contribution is 6.40. The van der Waals surface area contributed by atoms with Crippen LogP contribution in [0.1, 0.15) is 31.9 Å². The van der Waals surface area contributed by atoms with Gasteiger partial charge < -0.3 is 4.90 Å². The fraction of sp³-hybridized carbons (Fsp3) is 0.208. The largest absolute Gasteiger partial charge is 0.365 e. The molecule has 4 rings (SSSR count). The SMILES string of the molecule is CC1=CC(C)(C)N(C)c2cc(Cl)c(/C=C3\C(=O)NC(=O)N(c4ccccc4F)C3=O)cc21. The van der Waals surface area contributed by atoms with Gasteiger partial charge in [-0.25, -0.2) is 14.1 Å². The topological polar surface area (TPSA) is 69.7 Å². The van der Waals surface area contributed by atoms with Crippen LogP contribution < -0.4 is 15.1 Å². The minimum atomic E-state index is -1.01. The molecule has 0 unspecified atom stereocenters. The van der Waals surface area contributed by atoms with Crippen molar-refractivity contribution >= 4 is 52.5 Å². The summed E-state index contributed by atoms with van der Waals surface area (Å²) < 4.78 is 14.3. The highest BCUT2D eigenvalue weighted by atomic mass is 35.5. The Morgan fingerprint density at radius 1 is 1.09 bits per heavy atom. The number of anilines is 2. The number of hydrogen-bond donors (Lipinski definition) is 1. The van der Waals surface area contributed by atoms with E-state index in [4.69, 9.17) is 11.6 Å². The number of amides is 4. The third-order valence-electron chi connectivity index (χ3n) is 5.83. The lowest BCUT2D eigenvalue weighted by Gasteiger charge is -2.40. The molecule has 0 radical (unpaired) electrons. The molecular weight excluding hydrogens is 433 g/mol. The molecule has 0 spiro atoms. The van der Waals surface area contributed by atoms with Crippen LogP contribution in [-0.4, -0.2) is 30.4 Å². The second-order valence-electron chi connectivity index (χ2n) is 8.34. The van der Waals surface area contributed by atoms with Gasteiger partial charge in [0, 0.05) is 23.3 Å². The zero-order chi connectivity index (χ0) is 23.4. The van der Waals surface area contributed by atoms with Gasteiger partial charge in [0.05, 0.1) is 11.2 Å². The number of rotatable bonds is 2. The van der Waals surface area contributed by atoms with Crippen LogP contribution in [0.25, 0.3) is 11.6 Å². The summed E-state index contributed by atoms with van der Waals surface area (Å²) in [6, 6.07) is 7.92. The van der Waals surface area contributed by atoms with Crippen molar-refractivity contribution in [1.82, 2.24) is 5.32 Å². The lowest BCUT2D eigenvalue weighted by Crippen LogP contribution is -2.54. The Morgan fingerprint density at radius 2 is 1.78 bits per heavy atom. The quantitative estimate of drug-likeness (QED) is 0.525. The van der Waals surface area contributed by atoms with Crippen LogP contribution >= 0.6 is 11.6 Å². The molecule has 0 atom stereocenters. The Hall–Kier alpha value is -3.45. The van der Waals surface area contributed by atoms with Crippen LogP contribution in [0, 0.1) is 5.82 Å². The van der Waals surface area contributed by atoms with Crippen molar-refractivity contribution in [3.63, 3.8) is 0 Å². The van der Waals surface area contributed by atoms with Crippen LogP contribution in [0.4, 0.5) is 20.6 Å². The van der Waals surface area contributed by atoms with E-state index in [9.17, 15) is 18.8 Å². The zero-order valence-electron chi connectivity index (χ0n) is 18.0. The number of carbonyl (C=O) groups is 3. The Labute approximate surface area is 189 Å². The maximum Gasteiger partial charge on any atom is 0.336 e. The monoisotopic (exact) mass is 453 g/mol. The number of urea groups is 1. The molecule has 6 nitrogen and oxygen atoms in total. The van der Waals surface area contributed by atoms with E-state index < -0.39 is 23.7 Å². The number of allylic oxidation sites excluding steroid dienone is 1. The van der Waals surface area contributed by atoms with Gasteiger partial charge in [-0.3, -0.25) is 14.9 Å². The molecule has 2 aliphatic heterocycles. The summed E-state index contributed by atoms with van der Waals surface area (Å²) in [5.74, 6) is -2.56. The van der Waals surface area contributed by atoms with Crippen molar-refractivity contribution < 1.29 is 18.8 Å². The normalized spacial score (nSPS) is 19.1. The lowest BCUT2D eigenvalue weighted by atomic mass is 9.88. The first-order valence-electron chi connectivity index (χ1n) is 9.94. The van der Waals surface area contributed by atoms with Gasteiger partial charge >= 0.3 is 6.03 Å². The molecule has 8 heteroatoms. The van der Waals surface area contributed by atoms with Gasteiger partial charge in [-0.1, -0.05) is 29.8 Å². The third kappa shape index (κ3) is 3.48. The second-order valence-corrected chi connectivity index (χ2v) is 8.75. The molecule has 4 amide bonds. The maximum atomic E-state index is 14.3. The molecule has 2 aromatic rings. The average molecular weight is 454 g/mol. The predicted molar refractivity (Wildman–Crippen MR) is 123 cm³/mol. The molecule has 2 aliphatic rings. The van der Waals surface area contributed by atoms with E-state index in [1.165, 1.54) is 24.3 Å². The standard InChI is InChI=1S/C24H21ClFN3O3/c1-13-12-24(2,3)28(4)20-11-17(25)14(9-15(13)20)10-16-21(30)27-23(32)29(22(16)31)19-8-6-5-7-18(19)26/h5-12H,1-4H3,(H,27,30,32)/b16-10+. The number of imide groups is 2. The number of nitrogens with one attached hydrogen (secondary N) is 1. The Kier molecular flexibility index (Phi) is 5.17. The molecule has 1 fully saturated rings. The van der Waals surface area contributed by atoms with E-state index in [1.54, 1.807) is 12.1 Å². The number of barbiturate groups is 1. The first kappa shape index (κ1) is 21.8. The maximum absolute atomic E-state index is 14.3. The van der Waals surface area contributed by atoms with E-state index in [0.29, 0.717) is 15.5 Å². The van der Waals surface area contributed by atoms with Crippen molar-refractivity contribution in [2.75, 3.05) is 16.8 Å². The summed E-state index contributed by atoms with van der Waals surface area (Å²) in [5, 5.41) is 2.43. The fourth-order valence-corrected chi connectivity index (χ4v) is 4.18. The van der Waals surface area contributed by atoms with Crippen LogP contribution in [0.2, 0.25) is 5.02 Å². The molecule has 1 N–H and O–H groups in total. The summed E-state index contributed by atoms with van der Waals surface area (Å²) >= 11 is 6.52. The molecular formula is C24H21ClFN3O3. The van der Waals surface area contributed by atoms with Gasteiger partial charge in [-0.2, -0.15) is 0 Å². The highest BCUT2D eigenvalue weighted by Crippen LogP contribution is 2.41. The van der Waals surface area contributed by atoms with Crippen molar-refractivity contribution in [2.45, 2.75) is 26.3 Å². The second kappa shape index (κ2) is 7.60. The molecule has 32 heavy (non-hydrogen) atoms. The number of benzene rings is 2. The number of hydrogen-bond acceptors (Lipinski definition) is 4. The minimum absolute atomic E-state index is 0.208. The Morgan fingerprint density at radius 3 is 2.47 bits per heavy atom. The number of carbonyl (C=O) groups excluding carboxylic acids is 3. The molecule has 164 valence electrons. The summed E-state index contributed by atoms with van der Waals surface area (Å²) in [6.07, 6.45) is 3.45. The predicted octanol–water partition coefficient (Wildman–Crippen LogP) is 4.78. The molecule has 1 saturated heterocycles. The minimum Gasteiger partial charge on any atom is -0.365 e. The van der Waals surface area contributed by atoms with E-state index in [1.807, 2.05) is 14.0 Å². The van der Waals surface area contributed by atoms with E-state index in [0.717, 1.165) is 22.9 Å². The average Bonchev–Trinajstić information content (AvgIpc) is 2.71.